The van der Waals surface area contributed by atoms with E-state index in [0.29, 0.717) is 39.7 Å². The van der Waals surface area contributed by atoms with Gasteiger partial charge >= 0.3 is 5.97 Å². The van der Waals surface area contributed by atoms with Gasteiger partial charge in [-0.2, -0.15) is 0 Å². The molecule has 33 heavy (non-hydrogen) atoms. The summed E-state index contributed by atoms with van der Waals surface area (Å²) in [5, 5.41) is 1.64. The Hall–Kier alpha value is -2.53. The molecule has 0 fully saturated rings. The number of aromatic nitrogens is 1. The Labute approximate surface area is 208 Å². The smallest absolute Gasteiger partial charge is 0.331 e. The summed E-state index contributed by atoms with van der Waals surface area (Å²) >= 11 is 18.8. The van der Waals surface area contributed by atoms with Crippen LogP contribution in [0.5, 0.6) is 5.88 Å². The molecule has 0 atom stereocenters. The number of hydrogen-bond donors (Lipinski definition) is 0. The van der Waals surface area contributed by atoms with E-state index in [1.165, 1.54) is 6.08 Å². The quantitative estimate of drug-likeness (QED) is 0.269. The van der Waals surface area contributed by atoms with Gasteiger partial charge in [0, 0.05) is 39.2 Å². The summed E-state index contributed by atoms with van der Waals surface area (Å²) < 4.78 is 11.4. The number of fused-ring (bicyclic) bond motifs is 1. The molecule has 2 aromatic carbocycles. The van der Waals surface area contributed by atoms with Crippen molar-refractivity contribution in [1.82, 2.24) is 4.98 Å². The first-order valence-corrected chi connectivity index (χ1v) is 11.6. The van der Waals surface area contributed by atoms with E-state index in [0.717, 1.165) is 27.8 Å². The van der Waals surface area contributed by atoms with Crippen molar-refractivity contribution in [1.29, 1.82) is 0 Å². The van der Waals surface area contributed by atoms with Crippen molar-refractivity contribution >= 4 is 46.3 Å². The van der Waals surface area contributed by atoms with E-state index in [9.17, 15) is 4.79 Å². The number of ether oxygens (including phenoxy) is 2. The van der Waals surface area contributed by atoms with Crippen molar-refractivity contribution in [2.45, 2.75) is 32.8 Å². The molecule has 0 bridgehead atoms. The molecule has 7 heteroatoms. The van der Waals surface area contributed by atoms with Crippen LogP contribution in [-0.4, -0.2) is 23.2 Å². The van der Waals surface area contributed by atoms with Gasteiger partial charge in [-0.3, -0.25) is 0 Å². The lowest BCUT2D eigenvalue weighted by Crippen LogP contribution is -2.33. The Balaban J connectivity index is 1.98. The minimum atomic E-state index is -0.554. The van der Waals surface area contributed by atoms with Crippen LogP contribution in [0, 0.1) is 0 Å². The second-order valence-corrected chi connectivity index (χ2v) is 9.61. The molecule has 0 saturated carbocycles. The van der Waals surface area contributed by atoms with E-state index in [1.54, 1.807) is 19.1 Å². The van der Waals surface area contributed by atoms with Gasteiger partial charge < -0.3 is 9.47 Å². The van der Waals surface area contributed by atoms with E-state index < -0.39 is 11.6 Å². The molecule has 170 valence electrons. The Morgan fingerprint density at radius 2 is 1.73 bits per heavy atom. The molecule has 1 aliphatic rings. The van der Waals surface area contributed by atoms with Crippen LogP contribution in [0.2, 0.25) is 15.1 Å². The highest BCUT2D eigenvalue weighted by molar-refractivity contribution is 6.36. The zero-order valence-electron chi connectivity index (χ0n) is 18.4. The van der Waals surface area contributed by atoms with Crippen molar-refractivity contribution < 1.29 is 14.3 Å². The molecule has 4 rings (SSSR count). The minimum Gasteiger partial charge on any atom is -0.471 e. The molecule has 1 aromatic heterocycles. The highest BCUT2D eigenvalue weighted by atomic mass is 35.5. The van der Waals surface area contributed by atoms with Crippen LogP contribution in [-0.2, 0) is 9.53 Å². The predicted octanol–water partition coefficient (Wildman–Crippen LogP) is 7.88. The van der Waals surface area contributed by atoms with Crippen LogP contribution in [0.25, 0.3) is 28.0 Å². The minimum absolute atomic E-state index is 0.303. The summed E-state index contributed by atoms with van der Waals surface area (Å²) in [5.41, 5.74) is 4.07. The number of nitrogens with zero attached hydrogens (tertiary/aromatic N) is 1. The number of carbonyl (C=O) groups excluding carboxylic acids is 1. The molecule has 2 heterocycles. The first-order valence-electron chi connectivity index (χ1n) is 10.5. The average Bonchev–Trinajstić information content (AvgIpc) is 2.73. The van der Waals surface area contributed by atoms with Gasteiger partial charge in [0.15, 0.2) is 0 Å². The third-order valence-corrected chi connectivity index (χ3v) is 6.04. The summed E-state index contributed by atoms with van der Waals surface area (Å²) in [4.78, 5) is 17.2. The third-order valence-electron chi connectivity index (χ3n) is 5.24. The van der Waals surface area contributed by atoms with E-state index in [-0.39, 0.29) is 0 Å². The number of carbonyl (C=O) groups is 1. The van der Waals surface area contributed by atoms with Crippen molar-refractivity contribution in [3.8, 4) is 28.3 Å². The summed E-state index contributed by atoms with van der Waals surface area (Å²) in [6, 6.07) is 14.7. The number of benzene rings is 2. The number of hydrogen-bond acceptors (Lipinski definition) is 4. The topological polar surface area (TPSA) is 48.4 Å². The highest BCUT2D eigenvalue weighted by Crippen LogP contribution is 2.45. The molecule has 3 aromatic rings. The highest BCUT2D eigenvalue weighted by Gasteiger charge is 2.33. The van der Waals surface area contributed by atoms with Crippen molar-refractivity contribution in [3.05, 3.63) is 75.2 Å². The summed E-state index contributed by atoms with van der Waals surface area (Å²) in [5.74, 6) is 0.0366. The molecule has 0 N–H and O–H groups in total. The zero-order valence-corrected chi connectivity index (χ0v) is 20.7. The molecule has 0 amide bonds. The van der Waals surface area contributed by atoms with Crippen LogP contribution >= 0.6 is 34.8 Å². The normalized spacial score (nSPS) is 15.6. The van der Waals surface area contributed by atoms with Gasteiger partial charge in [-0.15, -0.1) is 0 Å². The van der Waals surface area contributed by atoms with E-state index in [2.05, 4.69) is 0 Å². The van der Waals surface area contributed by atoms with Gasteiger partial charge in [0.1, 0.15) is 5.60 Å². The summed E-state index contributed by atoms with van der Waals surface area (Å²) in [7, 11) is 0. The second-order valence-electron chi connectivity index (χ2n) is 8.33. The van der Waals surface area contributed by atoms with Crippen LogP contribution in [0.1, 0.15) is 32.8 Å². The van der Waals surface area contributed by atoms with Crippen molar-refractivity contribution in [3.63, 3.8) is 0 Å². The fraction of sp³-hybridized carbons (Fsp3) is 0.231. The number of rotatable bonds is 4. The summed E-state index contributed by atoms with van der Waals surface area (Å²) in [6.45, 7) is 6.00. The Bertz CT molecular complexity index is 1250. The maximum atomic E-state index is 12.3. The first kappa shape index (κ1) is 23.6. The first-order chi connectivity index (χ1) is 15.7. The third kappa shape index (κ3) is 5.19. The second kappa shape index (κ2) is 9.38. The fourth-order valence-electron chi connectivity index (χ4n) is 3.85. The van der Waals surface area contributed by atoms with Crippen LogP contribution in [0.15, 0.2) is 54.6 Å². The Morgan fingerprint density at radius 1 is 1.03 bits per heavy atom. The van der Waals surface area contributed by atoms with E-state index in [4.69, 9.17) is 49.3 Å². The molecule has 4 nitrogen and oxygen atoms in total. The van der Waals surface area contributed by atoms with Crippen molar-refractivity contribution in [2.24, 2.45) is 0 Å². The van der Waals surface area contributed by atoms with Gasteiger partial charge in [0.25, 0.3) is 0 Å². The SMILES string of the molecule is CCOC(=O)/C=C1/CC(C)(C)Oc2nc(-c3ccc(Cl)cc3Cl)c(-c3ccc(Cl)cc3)cc21. The molecular formula is C26H22Cl3NO3. The molecule has 0 aliphatic carbocycles. The van der Waals surface area contributed by atoms with E-state index in [1.807, 2.05) is 50.2 Å². The fourth-order valence-corrected chi connectivity index (χ4v) is 4.47. The van der Waals surface area contributed by atoms with E-state index >= 15 is 0 Å². The Morgan fingerprint density at radius 3 is 2.39 bits per heavy atom. The van der Waals surface area contributed by atoms with Gasteiger partial charge in [-0.1, -0.05) is 46.9 Å². The van der Waals surface area contributed by atoms with Crippen molar-refractivity contribution in [2.75, 3.05) is 6.61 Å². The standard InChI is InChI=1S/C26H22Cl3NO3/c1-4-32-23(31)11-16-14-26(2,3)33-25-21(16)13-20(15-5-7-17(27)8-6-15)24(30-25)19-10-9-18(28)12-22(19)29/h5-13H,4,14H2,1-3H3/b16-11-. The zero-order chi connectivity index (χ0) is 23.8. The lowest BCUT2D eigenvalue weighted by Gasteiger charge is -2.34. The molecule has 1 aliphatic heterocycles. The monoisotopic (exact) mass is 501 g/mol. The predicted molar refractivity (Wildman–Crippen MR) is 134 cm³/mol. The van der Waals surface area contributed by atoms with Crippen LogP contribution < -0.4 is 4.74 Å². The molecule has 0 spiro atoms. The number of halogens is 3. The lowest BCUT2D eigenvalue weighted by molar-refractivity contribution is -0.137. The van der Waals surface area contributed by atoms with Crippen LogP contribution in [0.3, 0.4) is 0 Å². The average molecular weight is 503 g/mol. The Kier molecular flexibility index (Phi) is 6.71. The number of pyridine rings is 1. The van der Waals surface area contributed by atoms with Gasteiger partial charge in [0.2, 0.25) is 5.88 Å². The van der Waals surface area contributed by atoms with Gasteiger partial charge in [-0.05, 0) is 68.3 Å². The molecule has 0 saturated heterocycles. The lowest BCUT2D eigenvalue weighted by atomic mass is 9.88. The molecule has 0 radical (unpaired) electrons. The van der Waals surface area contributed by atoms with Gasteiger partial charge in [-0.25, -0.2) is 9.78 Å². The maximum Gasteiger partial charge on any atom is 0.331 e. The number of esters is 1. The largest absolute Gasteiger partial charge is 0.471 e. The van der Waals surface area contributed by atoms with Crippen LogP contribution in [0.4, 0.5) is 0 Å². The summed E-state index contributed by atoms with van der Waals surface area (Å²) in [6.07, 6.45) is 2.05. The molecular weight excluding hydrogens is 481 g/mol. The maximum absolute atomic E-state index is 12.3. The molecule has 0 unspecified atom stereocenters. The van der Waals surface area contributed by atoms with Gasteiger partial charge in [0.05, 0.1) is 17.3 Å².